The van der Waals surface area contributed by atoms with Crippen LogP contribution in [0.4, 0.5) is 15.8 Å². The lowest BCUT2D eigenvalue weighted by atomic mass is 10.1. The summed E-state index contributed by atoms with van der Waals surface area (Å²) in [6.45, 7) is 1.48. The molecule has 0 saturated heterocycles. The Labute approximate surface area is 102 Å². The van der Waals surface area contributed by atoms with E-state index in [0.29, 0.717) is 5.56 Å². The Bertz CT molecular complexity index is 595. The molecule has 0 atom stereocenters. The number of nitro groups is 1. The standard InChI is InChI=1S/C11H7FN4O2/c1-7-2-9(12)3-10(16(17)18)11(7)15-6-8(4-13)5-14/h2-3,6,15H,1H3. The highest BCUT2D eigenvalue weighted by atomic mass is 19.1. The Morgan fingerprint density at radius 2 is 2.11 bits per heavy atom. The van der Waals surface area contributed by atoms with Gasteiger partial charge in [0.2, 0.25) is 0 Å². The van der Waals surface area contributed by atoms with Crippen molar-refractivity contribution in [3.8, 4) is 12.1 Å². The maximum absolute atomic E-state index is 13.0. The van der Waals surface area contributed by atoms with Gasteiger partial charge in [-0.25, -0.2) is 4.39 Å². The number of aryl methyl sites for hydroxylation is 1. The van der Waals surface area contributed by atoms with Gasteiger partial charge in [0, 0.05) is 6.20 Å². The highest BCUT2D eigenvalue weighted by molar-refractivity contribution is 5.68. The van der Waals surface area contributed by atoms with Gasteiger partial charge in [0.25, 0.3) is 5.69 Å². The smallest absolute Gasteiger partial charge is 0.295 e. The summed E-state index contributed by atoms with van der Waals surface area (Å²) in [5.74, 6) is -0.727. The molecule has 6 nitrogen and oxygen atoms in total. The molecule has 1 aromatic carbocycles. The van der Waals surface area contributed by atoms with Crippen molar-refractivity contribution >= 4 is 11.4 Å². The van der Waals surface area contributed by atoms with Gasteiger partial charge in [-0.2, -0.15) is 10.5 Å². The lowest BCUT2D eigenvalue weighted by Crippen LogP contribution is -2.00. The van der Waals surface area contributed by atoms with E-state index in [2.05, 4.69) is 5.32 Å². The first-order valence-electron chi connectivity index (χ1n) is 4.71. The third-order valence-electron chi connectivity index (χ3n) is 2.08. The number of rotatable bonds is 3. The van der Waals surface area contributed by atoms with Crippen LogP contribution in [0.5, 0.6) is 0 Å². The van der Waals surface area contributed by atoms with Gasteiger partial charge < -0.3 is 5.32 Å². The van der Waals surface area contributed by atoms with Crippen LogP contribution >= 0.6 is 0 Å². The minimum Gasteiger partial charge on any atom is -0.354 e. The summed E-state index contributed by atoms with van der Waals surface area (Å²) in [7, 11) is 0. The average Bonchev–Trinajstić information content (AvgIpc) is 2.31. The lowest BCUT2D eigenvalue weighted by Gasteiger charge is -2.06. The molecule has 0 aliphatic heterocycles. The molecule has 0 saturated carbocycles. The number of hydrogen-bond donors (Lipinski definition) is 1. The molecule has 0 amide bonds. The Kier molecular flexibility index (Phi) is 3.95. The van der Waals surface area contributed by atoms with E-state index in [1.807, 2.05) is 0 Å². The number of allylic oxidation sites excluding steroid dienone is 1. The molecule has 0 aliphatic carbocycles. The molecule has 0 unspecified atom stereocenters. The molecule has 0 radical (unpaired) electrons. The van der Waals surface area contributed by atoms with Crippen LogP contribution in [0.25, 0.3) is 0 Å². The van der Waals surface area contributed by atoms with Crippen molar-refractivity contribution in [2.45, 2.75) is 6.92 Å². The predicted octanol–water partition coefficient (Wildman–Crippen LogP) is 2.39. The van der Waals surface area contributed by atoms with Crippen molar-refractivity contribution in [1.29, 1.82) is 10.5 Å². The van der Waals surface area contributed by atoms with Gasteiger partial charge in [0.05, 0.1) is 11.0 Å². The second-order valence-electron chi connectivity index (χ2n) is 3.30. The molecule has 1 N–H and O–H groups in total. The second kappa shape index (κ2) is 5.41. The average molecular weight is 246 g/mol. The molecule has 0 aliphatic rings. The molecule has 7 heteroatoms. The third-order valence-corrected chi connectivity index (χ3v) is 2.08. The van der Waals surface area contributed by atoms with E-state index in [4.69, 9.17) is 10.5 Å². The summed E-state index contributed by atoms with van der Waals surface area (Å²) in [4.78, 5) is 10.0. The van der Waals surface area contributed by atoms with Crippen LogP contribution < -0.4 is 5.32 Å². The first-order chi connectivity index (χ1) is 8.49. The number of anilines is 1. The SMILES string of the molecule is Cc1cc(F)cc([N+](=O)[O-])c1NC=C(C#N)C#N. The van der Waals surface area contributed by atoms with Crippen LogP contribution in [-0.2, 0) is 0 Å². The van der Waals surface area contributed by atoms with Crippen molar-refractivity contribution in [1.82, 2.24) is 0 Å². The quantitative estimate of drug-likeness (QED) is 0.501. The second-order valence-corrected chi connectivity index (χ2v) is 3.30. The van der Waals surface area contributed by atoms with Crippen molar-refractivity contribution in [3.63, 3.8) is 0 Å². The van der Waals surface area contributed by atoms with Gasteiger partial charge in [-0.15, -0.1) is 0 Å². The fraction of sp³-hybridized carbons (Fsp3) is 0.0909. The molecule has 0 bridgehead atoms. The predicted molar refractivity (Wildman–Crippen MR) is 60.7 cm³/mol. The Morgan fingerprint density at radius 3 is 2.61 bits per heavy atom. The Balaban J connectivity index is 3.26. The van der Waals surface area contributed by atoms with Gasteiger partial charge >= 0.3 is 0 Å². The highest BCUT2D eigenvalue weighted by Gasteiger charge is 2.17. The summed E-state index contributed by atoms with van der Waals surface area (Å²) >= 11 is 0. The van der Waals surface area contributed by atoms with E-state index < -0.39 is 16.4 Å². The van der Waals surface area contributed by atoms with Crippen LogP contribution in [-0.4, -0.2) is 4.92 Å². The van der Waals surface area contributed by atoms with E-state index in [1.54, 1.807) is 12.1 Å². The van der Waals surface area contributed by atoms with E-state index >= 15 is 0 Å². The number of hydrogen-bond acceptors (Lipinski definition) is 5. The molecular weight excluding hydrogens is 239 g/mol. The van der Waals surface area contributed by atoms with Gasteiger partial charge in [0.1, 0.15) is 29.2 Å². The summed E-state index contributed by atoms with van der Waals surface area (Å²) in [5, 5.41) is 30.3. The maximum atomic E-state index is 13.0. The van der Waals surface area contributed by atoms with Crippen LogP contribution in [0.1, 0.15) is 5.56 Å². The number of halogens is 1. The highest BCUT2D eigenvalue weighted by Crippen LogP contribution is 2.29. The zero-order valence-corrected chi connectivity index (χ0v) is 9.27. The summed E-state index contributed by atoms with van der Waals surface area (Å²) < 4.78 is 13.0. The van der Waals surface area contributed by atoms with Crippen LogP contribution in [0.15, 0.2) is 23.9 Å². The summed E-state index contributed by atoms with van der Waals surface area (Å²) in [6, 6.07) is 5.07. The molecule has 0 spiro atoms. The normalized spacial score (nSPS) is 8.89. The minimum absolute atomic E-state index is 0.0457. The van der Waals surface area contributed by atoms with Crippen molar-refractivity contribution in [3.05, 3.63) is 45.4 Å². The number of nitrogens with one attached hydrogen (secondary N) is 1. The zero-order valence-electron chi connectivity index (χ0n) is 9.27. The van der Waals surface area contributed by atoms with Crippen LogP contribution in [0, 0.1) is 45.5 Å². The first-order valence-corrected chi connectivity index (χ1v) is 4.71. The largest absolute Gasteiger partial charge is 0.354 e. The molecule has 90 valence electrons. The molecule has 0 fully saturated rings. The Morgan fingerprint density at radius 1 is 1.50 bits per heavy atom. The number of nitrogens with zero attached hydrogens (tertiary/aromatic N) is 3. The van der Waals surface area contributed by atoms with E-state index in [-0.39, 0.29) is 11.3 Å². The van der Waals surface area contributed by atoms with Crippen molar-refractivity contribution in [2.75, 3.05) is 5.32 Å². The van der Waals surface area contributed by atoms with Gasteiger partial charge in [-0.3, -0.25) is 10.1 Å². The number of nitro benzene ring substituents is 1. The molecule has 1 aromatic rings. The number of benzene rings is 1. The molecule has 0 aromatic heterocycles. The molecule has 0 heterocycles. The van der Waals surface area contributed by atoms with Crippen LogP contribution in [0.3, 0.4) is 0 Å². The van der Waals surface area contributed by atoms with E-state index in [0.717, 1.165) is 18.3 Å². The Hall–Kier alpha value is -2.93. The van der Waals surface area contributed by atoms with Crippen molar-refractivity contribution in [2.24, 2.45) is 0 Å². The minimum atomic E-state index is -0.745. The lowest BCUT2D eigenvalue weighted by molar-refractivity contribution is -0.384. The maximum Gasteiger partial charge on any atom is 0.295 e. The van der Waals surface area contributed by atoms with Crippen molar-refractivity contribution < 1.29 is 9.31 Å². The zero-order chi connectivity index (χ0) is 13.7. The first kappa shape index (κ1) is 13.1. The molecule has 1 rings (SSSR count). The topological polar surface area (TPSA) is 103 Å². The van der Waals surface area contributed by atoms with E-state index in [1.165, 1.54) is 6.92 Å². The number of nitriles is 2. The van der Waals surface area contributed by atoms with Gasteiger partial charge in [0.15, 0.2) is 0 Å². The van der Waals surface area contributed by atoms with E-state index in [9.17, 15) is 14.5 Å². The van der Waals surface area contributed by atoms with Gasteiger partial charge in [-0.05, 0) is 18.6 Å². The fourth-order valence-corrected chi connectivity index (χ4v) is 1.29. The van der Waals surface area contributed by atoms with Crippen LogP contribution in [0.2, 0.25) is 0 Å². The summed E-state index contributed by atoms with van der Waals surface area (Å²) in [5.41, 5.74) is -0.357. The molecular formula is C11H7FN4O2. The van der Waals surface area contributed by atoms with Gasteiger partial charge in [-0.1, -0.05) is 0 Å². The monoisotopic (exact) mass is 246 g/mol. The third kappa shape index (κ3) is 2.80. The summed E-state index contributed by atoms with van der Waals surface area (Å²) in [6.07, 6.45) is 1.03. The fourth-order valence-electron chi connectivity index (χ4n) is 1.29. The molecule has 18 heavy (non-hydrogen) atoms.